The van der Waals surface area contributed by atoms with Crippen LogP contribution in [0.1, 0.15) is 32.3 Å². The summed E-state index contributed by atoms with van der Waals surface area (Å²) in [6, 6.07) is 6.44. The van der Waals surface area contributed by atoms with Crippen molar-refractivity contribution in [1.82, 2.24) is 5.32 Å². The fourth-order valence-corrected chi connectivity index (χ4v) is 1.86. The highest BCUT2D eigenvalue weighted by Gasteiger charge is 2.10. The third-order valence-electron chi connectivity index (χ3n) is 2.97. The van der Waals surface area contributed by atoms with Crippen LogP contribution < -0.4 is 14.8 Å². The van der Waals surface area contributed by atoms with Gasteiger partial charge in [0.15, 0.2) is 11.5 Å². The molecule has 0 saturated heterocycles. The first-order chi connectivity index (χ1) is 9.69. The van der Waals surface area contributed by atoms with Gasteiger partial charge in [-0.2, -0.15) is 0 Å². The van der Waals surface area contributed by atoms with E-state index in [1.54, 1.807) is 14.2 Å². The van der Waals surface area contributed by atoms with Gasteiger partial charge in [-0.15, -0.1) is 0 Å². The lowest BCUT2D eigenvalue weighted by atomic mass is 10.1. The molecule has 1 N–H and O–H groups in total. The van der Waals surface area contributed by atoms with Crippen LogP contribution >= 0.6 is 0 Å². The molecule has 0 spiro atoms. The molecule has 0 aliphatic heterocycles. The molecule has 0 aromatic heterocycles. The Hall–Kier alpha value is -1.26. The lowest BCUT2D eigenvalue weighted by molar-refractivity contribution is 0.183. The van der Waals surface area contributed by atoms with E-state index in [-0.39, 0.29) is 0 Å². The van der Waals surface area contributed by atoms with Crippen LogP contribution in [0, 0.1) is 0 Å². The van der Waals surface area contributed by atoms with Gasteiger partial charge >= 0.3 is 0 Å². The Morgan fingerprint density at radius 1 is 1.10 bits per heavy atom. The summed E-state index contributed by atoms with van der Waals surface area (Å²) in [4.78, 5) is 0. The summed E-state index contributed by atoms with van der Waals surface area (Å²) in [6.07, 6.45) is 1.98. The van der Waals surface area contributed by atoms with E-state index in [0.29, 0.717) is 12.6 Å². The lowest BCUT2D eigenvalue weighted by Gasteiger charge is -2.16. The van der Waals surface area contributed by atoms with Crippen molar-refractivity contribution >= 4 is 0 Å². The van der Waals surface area contributed by atoms with Gasteiger partial charge in [-0.05, 0) is 18.9 Å². The van der Waals surface area contributed by atoms with Crippen molar-refractivity contribution in [3.05, 3.63) is 23.8 Å². The van der Waals surface area contributed by atoms with Gasteiger partial charge in [0.1, 0.15) is 0 Å². The fourth-order valence-electron chi connectivity index (χ4n) is 1.86. The first kappa shape index (κ1) is 16.8. The van der Waals surface area contributed by atoms with Crippen molar-refractivity contribution in [3.63, 3.8) is 0 Å². The number of hydrogen-bond donors (Lipinski definition) is 1. The third-order valence-corrected chi connectivity index (χ3v) is 2.97. The Kier molecular flexibility index (Phi) is 8.07. The van der Waals surface area contributed by atoms with Crippen LogP contribution in [0.5, 0.6) is 11.5 Å². The molecule has 0 atom stereocenters. The molecule has 114 valence electrons. The van der Waals surface area contributed by atoms with Crippen LogP contribution in [0.25, 0.3) is 0 Å². The average molecular weight is 281 g/mol. The van der Waals surface area contributed by atoms with Gasteiger partial charge in [0.2, 0.25) is 0 Å². The second kappa shape index (κ2) is 9.61. The molecule has 1 rings (SSSR count). The van der Waals surface area contributed by atoms with Crippen LogP contribution in [0.4, 0.5) is 0 Å². The predicted octanol–water partition coefficient (Wildman–Crippen LogP) is 3.00. The standard InChI is InChI=1S/C16H27NO3/c1-13(2)17-12-14-8-7-9-15(19-4)16(14)20-11-6-5-10-18-3/h7-9,13,17H,5-6,10-12H2,1-4H3. The summed E-state index contributed by atoms with van der Waals surface area (Å²) in [5, 5.41) is 3.41. The summed E-state index contributed by atoms with van der Waals surface area (Å²) < 4.78 is 16.3. The normalized spacial score (nSPS) is 10.8. The number of benzene rings is 1. The van der Waals surface area contributed by atoms with Crippen LogP contribution in [0.15, 0.2) is 18.2 Å². The van der Waals surface area contributed by atoms with Gasteiger partial charge in [-0.25, -0.2) is 0 Å². The van der Waals surface area contributed by atoms with E-state index in [1.165, 1.54) is 0 Å². The van der Waals surface area contributed by atoms with Gasteiger partial charge in [0.25, 0.3) is 0 Å². The summed E-state index contributed by atoms with van der Waals surface area (Å²) in [6.45, 7) is 6.49. The molecule has 0 unspecified atom stereocenters. The molecule has 0 heterocycles. The zero-order chi connectivity index (χ0) is 14.8. The number of unbranched alkanes of at least 4 members (excludes halogenated alkanes) is 1. The predicted molar refractivity (Wildman–Crippen MR) is 81.6 cm³/mol. The SMILES string of the molecule is COCCCCOc1c(CNC(C)C)cccc1OC. The van der Waals surface area contributed by atoms with Gasteiger partial charge < -0.3 is 19.5 Å². The maximum absolute atomic E-state index is 5.92. The molecule has 0 fully saturated rings. The first-order valence-corrected chi connectivity index (χ1v) is 7.20. The van der Waals surface area contributed by atoms with E-state index < -0.39 is 0 Å². The average Bonchev–Trinajstić information content (AvgIpc) is 2.45. The van der Waals surface area contributed by atoms with Crippen LogP contribution in [-0.4, -0.2) is 33.5 Å². The molecule has 0 saturated carbocycles. The number of methoxy groups -OCH3 is 2. The van der Waals surface area contributed by atoms with E-state index in [1.807, 2.05) is 12.1 Å². The molecule has 0 bridgehead atoms. The topological polar surface area (TPSA) is 39.7 Å². The maximum Gasteiger partial charge on any atom is 0.165 e. The minimum atomic E-state index is 0.441. The molecular weight excluding hydrogens is 254 g/mol. The summed E-state index contributed by atoms with van der Waals surface area (Å²) in [5.41, 5.74) is 1.13. The van der Waals surface area contributed by atoms with E-state index in [2.05, 4.69) is 25.2 Å². The van der Waals surface area contributed by atoms with E-state index in [4.69, 9.17) is 14.2 Å². The van der Waals surface area contributed by atoms with Crippen molar-refractivity contribution < 1.29 is 14.2 Å². The molecule has 4 nitrogen and oxygen atoms in total. The molecule has 0 radical (unpaired) electrons. The number of hydrogen-bond acceptors (Lipinski definition) is 4. The Morgan fingerprint density at radius 3 is 2.50 bits per heavy atom. The smallest absolute Gasteiger partial charge is 0.165 e. The summed E-state index contributed by atoms with van der Waals surface area (Å²) >= 11 is 0. The third kappa shape index (κ3) is 5.80. The molecular formula is C16H27NO3. The highest BCUT2D eigenvalue weighted by atomic mass is 16.5. The fraction of sp³-hybridized carbons (Fsp3) is 0.625. The monoisotopic (exact) mass is 281 g/mol. The minimum Gasteiger partial charge on any atom is -0.493 e. The van der Waals surface area contributed by atoms with Crippen molar-refractivity contribution in [2.75, 3.05) is 27.4 Å². The Labute approximate surface area is 122 Å². The molecule has 0 amide bonds. The lowest BCUT2D eigenvalue weighted by Crippen LogP contribution is -2.22. The van der Waals surface area contributed by atoms with Crippen molar-refractivity contribution in [3.8, 4) is 11.5 Å². The Balaban J connectivity index is 2.63. The second-order valence-electron chi connectivity index (χ2n) is 5.03. The van der Waals surface area contributed by atoms with Gasteiger partial charge in [0, 0.05) is 31.9 Å². The largest absolute Gasteiger partial charge is 0.493 e. The first-order valence-electron chi connectivity index (χ1n) is 7.20. The molecule has 4 heteroatoms. The van der Waals surface area contributed by atoms with E-state index in [9.17, 15) is 0 Å². The Morgan fingerprint density at radius 2 is 1.85 bits per heavy atom. The van der Waals surface area contributed by atoms with Crippen LogP contribution in [0.3, 0.4) is 0 Å². The molecule has 0 aliphatic rings. The number of nitrogens with one attached hydrogen (secondary N) is 1. The van der Waals surface area contributed by atoms with Crippen molar-refractivity contribution in [2.45, 2.75) is 39.3 Å². The molecule has 1 aromatic rings. The van der Waals surface area contributed by atoms with Crippen molar-refractivity contribution in [1.29, 1.82) is 0 Å². The highest BCUT2D eigenvalue weighted by molar-refractivity contribution is 5.46. The van der Waals surface area contributed by atoms with Gasteiger partial charge in [-0.1, -0.05) is 26.0 Å². The Bertz CT molecular complexity index is 380. The molecule has 0 aliphatic carbocycles. The maximum atomic E-state index is 5.92. The zero-order valence-electron chi connectivity index (χ0n) is 13.1. The van der Waals surface area contributed by atoms with E-state index in [0.717, 1.165) is 43.1 Å². The number of rotatable bonds is 10. The van der Waals surface area contributed by atoms with Crippen LogP contribution in [0.2, 0.25) is 0 Å². The molecule has 20 heavy (non-hydrogen) atoms. The van der Waals surface area contributed by atoms with Gasteiger partial charge in [-0.3, -0.25) is 0 Å². The zero-order valence-corrected chi connectivity index (χ0v) is 13.1. The molecule has 1 aromatic carbocycles. The number of ether oxygens (including phenoxy) is 3. The summed E-state index contributed by atoms with van der Waals surface area (Å²) in [7, 11) is 3.39. The highest BCUT2D eigenvalue weighted by Crippen LogP contribution is 2.31. The van der Waals surface area contributed by atoms with Crippen molar-refractivity contribution in [2.24, 2.45) is 0 Å². The quantitative estimate of drug-likeness (QED) is 0.669. The minimum absolute atomic E-state index is 0.441. The van der Waals surface area contributed by atoms with Gasteiger partial charge in [0.05, 0.1) is 13.7 Å². The van der Waals surface area contributed by atoms with Crippen LogP contribution in [-0.2, 0) is 11.3 Å². The summed E-state index contributed by atoms with van der Waals surface area (Å²) in [5.74, 6) is 1.64. The number of para-hydroxylation sites is 1. The van der Waals surface area contributed by atoms with E-state index >= 15 is 0 Å². The second-order valence-corrected chi connectivity index (χ2v) is 5.03.